The van der Waals surface area contributed by atoms with Gasteiger partial charge in [0.25, 0.3) is 0 Å². The summed E-state index contributed by atoms with van der Waals surface area (Å²) in [4.78, 5) is 0. The SMILES string of the molecule is CC(C)Cn1cnnc1C1(N)CCC1. The van der Waals surface area contributed by atoms with Crippen molar-refractivity contribution >= 4 is 0 Å². The molecule has 0 aromatic carbocycles. The lowest BCUT2D eigenvalue weighted by Gasteiger charge is -2.37. The Labute approximate surface area is 84.5 Å². The molecule has 2 N–H and O–H groups in total. The third-order valence-corrected chi connectivity index (χ3v) is 2.87. The Morgan fingerprint density at radius 3 is 2.79 bits per heavy atom. The van der Waals surface area contributed by atoms with Crippen molar-refractivity contribution in [1.29, 1.82) is 0 Å². The van der Waals surface area contributed by atoms with Crippen LogP contribution in [0, 0.1) is 5.92 Å². The van der Waals surface area contributed by atoms with E-state index in [9.17, 15) is 0 Å². The summed E-state index contributed by atoms with van der Waals surface area (Å²) >= 11 is 0. The molecule has 0 bridgehead atoms. The number of nitrogens with two attached hydrogens (primary N) is 1. The number of hydrogen-bond donors (Lipinski definition) is 1. The fraction of sp³-hybridized carbons (Fsp3) is 0.800. The molecule has 1 aliphatic rings. The van der Waals surface area contributed by atoms with Gasteiger partial charge in [0.2, 0.25) is 0 Å². The van der Waals surface area contributed by atoms with E-state index in [1.54, 1.807) is 6.33 Å². The molecule has 0 radical (unpaired) electrons. The third-order valence-electron chi connectivity index (χ3n) is 2.87. The van der Waals surface area contributed by atoms with Gasteiger partial charge >= 0.3 is 0 Å². The second kappa shape index (κ2) is 3.35. The first-order valence-electron chi connectivity index (χ1n) is 5.29. The van der Waals surface area contributed by atoms with Gasteiger partial charge in [-0.15, -0.1) is 10.2 Å². The van der Waals surface area contributed by atoms with E-state index in [4.69, 9.17) is 5.73 Å². The van der Waals surface area contributed by atoms with Crippen LogP contribution in [0.1, 0.15) is 38.9 Å². The average Bonchev–Trinajstić information content (AvgIpc) is 2.47. The zero-order valence-electron chi connectivity index (χ0n) is 8.90. The molecule has 2 rings (SSSR count). The van der Waals surface area contributed by atoms with Crippen LogP contribution in [0.25, 0.3) is 0 Å². The largest absolute Gasteiger partial charge is 0.319 e. The van der Waals surface area contributed by atoms with E-state index < -0.39 is 0 Å². The van der Waals surface area contributed by atoms with Crippen molar-refractivity contribution in [1.82, 2.24) is 14.8 Å². The quantitative estimate of drug-likeness (QED) is 0.788. The van der Waals surface area contributed by atoms with Gasteiger partial charge in [0, 0.05) is 6.54 Å². The normalized spacial score (nSPS) is 19.7. The summed E-state index contributed by atoms with van der Waals surface area (Å²) < 4.78 is 2.10. The molecule has 1 aliphatic carbocycles. The Morgan fingerprint density at radius 2 is 2.29 bits per heavy atom. The minimum absolute atomic E-state index is 0.189. The van der Waals surface area contributed by atoms with Crippen LogP contribution in [0.15, 0.2) is 6.33 Å². The Hall–Kier alpha value is -0.900. The van der Waals surface area contributed by atoms with Gasteiger partial charge in [0.15, 0.2) is 5.82 Å². The molecule has 0 spiro atoms. The Morgan fingerprint density at radius 1 is 1.57 bits per heavy atom. The van der Waals surface area contributed by atoms with Crippen molar-refractivity contribution in [2.24, 2.45) is 11.7 Å². The van der Waals surface area contributed by atoms with E-state index in [0.29, 0.717) is 5.92 Å². The second-order valence-corrected chi connectivity index (χ2v) is 4.71. The number of hydrogen-bond acceptors (Lipinski definition) is 3. The number of aromatic nitrogens is 3. The Balaban J connectivity index is 2.21. The third kappa shape index (κ3) is 1.54. The fourth-order valence-electron chi connectivity index (χ4n) is 1.95. The van der Waals surface area contributed by atoms with Crippen molar-refractivity contribution in [3.63, 3.8) is 0 Å². The van der Waals surface area contributed by atoms with Crippen molar-refractivity contribution in [3.8, 4) is 0 Å². The molecule has 1 heterocycles. The number of nitrogens with zero attached hydrogens (tertiary/aromatic N) is 3. The van der Waals surface area contributed by atoms with Gasteiger partial charge in [-0.25, -0.2) is 0 Å². The smallest absolute Gasteiger partial charge is 0.152 e. The lowest BCUT2D eigenvalue weighted by Crippen LogP contribution is -2.45. The highest BCUT2D eigenvalue weighted by Gasteiger charge is 2.38. The standard InChI is InChI=1S/C10H18N4/c1-8(2)6-14-7-12-13-9(14)10(11)4-3-5-10/h7-8H,3-6,11H2,1-2H3. The molecule has 14 heavy (non-hydrogen) atoms. The van der Waals surface area contributed by atoms with Gasteiger partial charge in [0.1, 0.15) is 6.33 Å². The fourth-order valence-corrected chi connectivity index (χ4v) is 1.95. The maximum absolute atomic E-state index is 6.22. The minimum Gasteiger partial charge on any atom is -0.319 e. The molecular weight excluding hydrogens is 176 g/mol. The van der Waals surface area contributed by atoms with E-state index in [1.807, 2.05) is 0 Å². The Bertz CT molecular complexity index is 312. The second-order valence-electron chi connectivity index (χ2n) is 4.71. The summed E-state index contributed by atoms with van der Waals surface area (Å²) in [5.41, 5.74) is 6.03. The van der Waals surface area contributed by atoms with Crippen LogP contribution in [-0.4, -0.2) is 14.8 Å². The lowest BCUT2D eigenvalue weighted by molar-refractivity contribution is 0.227. The average molecular weight is 194 g/mol. The van der Waals surface area contributed by atoms with Gasteiger partial charge < -0.3 is 10.3 Å². The van der Waals surface area contributed by atoms with Crippen molar-refractivity contribution in [3.05, 3.63) is 12.2 Å². The summed E-state index contributed by atoms with van der Waals surface area (Å²) in [5.74, 6) is 1.57. The zero-order chi connectivity index (χ0) is 10.2. The molecule has 0 saturated heterocycles. The molecular formula is C10H18N4. The summed E-state index contributed by atoms with van der Waals surface area (Å²) in [7, 11) is 0. The highest BCUT2D eigenvalue weighted by atomic mass is 15.3. The highest BCUT2D eigenvalue weighted by molar-refractivity contribution is 5.09. The first-order chi connectivity index (χ1) is 6.62. The van der Waals surface area contributed by atoms with Crippen LogP contribution in [0.5, 0.6) is 0 Å². The molecule has 0 unspecified atom stereocenters. The Kier molecular flexibility index (Phi) is 2.31. The van der Waals surface area contributed by atoms with Gasteiger partial charge in [-0.1, -0.05) is 13.8 Å². The zero-order valence-corrected chi connectivity index (χ0v) is 8.90. The monoisotopic (exact) mass is 194 g/mol. The van der Waals surface area contributed by atoms with Crippen molar-refractivity contribution in [2.75, 3.05) is 0 Å². The van der Waals surface area contributed by atoms with E-state index in [0.717, 1.165) is 25.2 Å². The van der Waals surface area contributed by atoms with Crippen molar-refractivity contribution < 1.29 is 0 Å². The predicted octanol–water partition coefficient (Wildman–Crippen LogP) is 1.27. The first-order valence-corrected chi connectivity index (χ1v) is 5.29. The van der Waals surface area contributed by atoms with Gasteiger partial charge in [-0.3, -0.25) is 0 Å². The maximum atomic E-state index is 6.22. The molecule has 0 amide bonds. The molecule has 0 atom stereocenters. The molecule has 4 heteroatoms. The summed E-state index contributed by atoms with van der Waals surface area (Å²) in [6.45, 7) is 5.34. The van der Waals surface area contributed by atoms with Gasteiger partial charge in [0.05, 0.1) is 5.54 Å². The minimum atomic E-state index is -0.189. The van der Waals surface area contributed by atoms with Crippen LogP contribution < -0.4 is 5.73 Å². The topological polar surface area (TPSA) is 56.7 Å². The van der Waals surface area contributed by atoms with Crippen LogP contribution in [0.4, 0.5) is 0 Å². The van der Waals surface area contributed by atoms with Crippen LogP contribution in [0.3, 0.4) is 0 Å². The maximum Gasteiger partial charge on any atom is 0.152 e. The van der Waals surface area contributed by atoms with E-state index in [-0.39, 0.29) is 5.54 Å². The number of rotatable bonds is 3. The molecule has 1 fully saturated rings. The van der Waals surface area contributed by atoms with Crippen LogP contribution >= 0.6 is 0 Å². The van der Waals surface area contributed by atoms with E-state index in [1.165, 1.54) is 6.42 Å². The molecule has 1 saturated carbocycles. The van der Waals surface area contributed by atoms with E-state index in [2.05, 4.69) is 28.6 Å². The van der Waals surface area contributed by atoms with E-state index >= 15 is 0 Å². The van der Waals surface area contributed by atoms with Gasteiger partial charge in [-0.05, 0) is 25.2 Å². The molecule has 4 nitrogen and oxygen atoms in total. The lowest BCUT2D eigenvalue weighted by atomic mass is 9.77. The summed E-state index contributed by atoms with van der Waals surface area (Å²) in [6, 6.07) is 0. The molecule has 78 valence electrons. The molecule has 0 aliphatic heterocycles. The van der Waals surface area contributed by atoms with Crippen LogP contribution in [0.2, 0.25) is 0 Å². The predicted molar refractivity (Wildman–Crippen MR) is 54.6 cm³/mol. The van der Waals surface area contributed by atoms with Crippen molar-refractivity contribution in [2.45, 2.75) is 45.2 Å². The molecule has 1 aromatic heterocycles. The first kappa shape index (κ1) is 9.65. The summed E-state index contributed by atoms with van der Waals surface area (Å²) in [5, 5.41) is 8.11. The summed E-state index contributed by atoms with van der Waals surface area (Å²) in [6.07, 6.45) is 5.10. The van der Waals surface area contributed by atoms with Crippen LogP contribution in [-0.2, 0) is 12.1 Å². The van der Waals surface area contributed by atoms with Gasteiger partial charge in [-0.2, -0.15) is 0 Å². The molecule has 1 aromatic rings. The highest BCUT2D eigenvalue weighted by Crippen LogP contribution is 2.37.